The fraction of sp³-hybridized carbons (Fsp3) is 0.182. The number of carbonyl (C=O) groups excluding carboxylic acids is 1. The smallest absolute Gasteiger partial charge is 0.322 e. The highest BCUT2D eigenvalue weighted by molar-refractivity contribution is 5.82. The van der Waals surface area contributed by atoms with Crippen molar-refractivity contribution in [1.29, 1.82) is 5.26 Å². The molecule has 0 aliphatic carbocycles. The van der Waals surface area contributed by atoms with Gasteiger partial charge in [0.05, 0.1) is 5.56 Å². The Bertz CT molecular complexity index is 465. The van der Waals surface area contributed by atoms with Crippen LogP contribution >= 0.6 is 0 Å². The van der Waals surface area contributed by atoms with E-state index in [9.17, 15) is 9.59 Å². The average molecular weight is 234 g/mol. The molecule has 0 bridgehead atoms. The fourth-order valence-corrected chi connectivity index (χ4v) is 1.05. The lowest BCUT2D eigenvalue weighted by molar-refractivity contribution is -0.138. The number of ether oxygens (including phenoxy) is 1. The molecule has 0 unspecified atom stereocenters. The molecule has 1 aromatic carbocycles. The summed E-state index contributed by atoms with van der Waals surface area (Å²) in [5.74, 6) is -1.39. The number of hydrogen-bond donors (Lipinski definition) is 2. The Morgan fingerprint density at radius 1 is 1.41 bits per heavy atom. The third-order valence-corrected chi connectivity index (χ3v) is 1.80. The van der Waals surface area contributed by atoms with Gasteiger partial charge in [-0.15, -0.1) is 0 Å². The van der Waals surface area contributed by atoms with Crippen LogP contribution in [-0.2, 0) is 9.59 Å². The van der Waals surface area contributed by atoms with Crippen molar-refractivity contribution in [3.05, 3.63) is 29.8 Å². The summed E-state index contributed by atoms with van der Waals surface area (Å²) in [6.07, 6.45) is 0. The van der Waals surface area contributed by atoms with Crippen LogP contribution in [0.2, 0.25) is 0 Å². The number of aliphatic carboxylic acids is 1. The zero-order valence-electron chi connectivity index (χ0n) is 8.84. The maximum absolute atomic E-state index is 11.1. The summed E-state index contributed by atoms with van der Waals surface area (Å²) in [5.41, 5.74) is 0.318. The van der Waals surface area contributed by atoms with E-state index in [0.29, 0.717) is 11.3 Å². The van der Waals surface area contributed by atoms with Crippen molar-refractivity contribution < 1.29 is 19.4 Å². The van der Waals surface area contributed by atoms with E-state index in [1.165, 1.54) is 0 Å². The van der Waals surface area contributed by atoms with E-state index in [1.807, 2.05) is 6.07 Å². The second-order valence-electron chi connectivity index (χ2n) is 3.07. The Kier molecular flexibility index (Phi) is 4.51. The van der Waals surface area contributed by atoms with Crippen molar-refractivity contribution in [3.63, 3.8) is 0 Å². The highest BCUT2D eigenvalue weighted by Crippen LogP contribution is 2.15. The zero-order chi connectivity index (χ0) is 12.7. The molecule has 0 aromatic heterocycles. The number of para-hydroxylation sites is 1. The summed E-state index contributed by atoms with van der Waals surface area (Å²) in [7, 11) is 0. The molecule has 0 atom stereocenters. The number of rotatable bonds is 5. The predicted molar refractivity (Wildman–Crippen MR) is 57.3 cm³/mol. The van der Waals surface area contributed by atoms with Crippen LogP contribution in [0, 0.1) is 11.3 Å². The Balaban J connectivity index is 2.48. The lowest BCUT2D eigenvalue weighted by Crippen LogP contribution is -2.33. The number of nitrogens with zero attached hydrogens (tertiary/aromatic N) is 1. The first-order valence-corrected chi connectivity index (χ1v) is 4.74. The van der Waals surface area contributed by atoms with E-state index in [-0.39, 0.29) is 6.61 Å². The molecule has 0 saturated carbocycles. The second kappa shape index (κ2) is 6.12. The maximum Gasteiger partial charge on any atom is 0.322 e. The Hall–Kier alpha value is -2.55. The van der Waals surface area contributed by atoms with Gasteiger partial charge in [-0.3, -0.25) is 9.59 Å². The van der Waals surface area contributed by atoms with Gasteiger partial charge in [-0.2, -0.15) is 5.26 Å². The largest absolute Gasteiger partial charge is 0.482 e. The summed E-state index contributed by atoms with van der Waals surface area (Å²) >= 11 is 0. The molecule has 17 heavy (non-hydrogen) atoms. The molecule has 88 valence electrons. The third-order valence-electron chi connectivity index (χ3n) is 1.80. The summed E-state index contributed by atoms with van der Waals surface area (Å²) in [6.45, 7) is -0.784. The third kappa shape index (κ3) is 4.22. The van der Waals surface area contributed by atoms with Gasteiger partial charge in [0.25, 0.3) is 5.91 Å². The first-order chi connectivity index (χ1) is 8.13. The number of benzene rings is 1. The van der Waals surface area contributed by atoms with Crippen LogP contribution < -0.4 is 10.1 Å². The van der Waals surface area contributed by atoms with Crippen LogP contribution in [0.5, 0.6) is 5.75 Å². The van der Waals surface area contributed by atoms with E-state index in [0.717, 1.165) is 0 Å². The van der Waals surface area contributed by atoms with Gasteiger partial charge < -0.3 is 15.2 Å². The molecule has 0 aliphatic heterocycles. The number of carboxylic acids is 1. The number of nitriles is 1. The molecule has 0 fully saturated rings. The zero-order valence-corrected chi connectivity index (χ0v) is 8.84. The van der Waals surface area contributed by atoms with E-state index in [4.69, 9.17) is 15.1 Å². The highest BCUT2D eigenvalue weighted by atomic mass is 16.5. The van der Waals surface area contributed by atoms with E-state index in [1.54, 1.807) is 24.3 Å². The van der Waals surface area contributed by atoms with Crippen molar-refractivity contribution in [1.82, 2.24) is 5.32 Å². The molecule has 6 heteroatoms. The normalized spacial score (nSPS) is 9.12. The minimum Gasteiger partial charge on any atom is -0.482 e. The van der Waals surface area contributed by atoms with Crippen molar-refractivity contribution >= 4 is 11.9 Å². The number of nitrogens with one attached hydrogen (secondary N) is 1. The topological polar surface area (TPSA) is 99.4 Å². The lowest BCUT2D eigenvalue weighted by Gasteiger charge is -2.07. The van der Waals surface area contributed by atoms with E-state index in [2.05, 4.69) is 5.32 Å². The fourth-order valence-electron chi connectivity index (χ4n) is 1.05. The lowest BCUT2D eigenvalue weighted by atomic mass is 10.2. The average Bonchev–Trinajstić information content (AvgIpc) is 2.34. The SMILES string of the molecule is N#Cc1ccccc1OCC(=O)NCC(=O)O. The van der Waals surface area contributed by atoms with Crippen LogP contribution in [0.1, 0.15) is 5.56 Å². The number of carboxylic acid groups (broad SMARTS) is 1. The molecule has 1 amide bonds. The molecule has 0 saturated heterocycles. The number of carbonyl (C=O) groups is 2. The van der Waals surface area contributed by atoms with Gasteiger partial charge >= 0.3 is 5.97 Å². The molecule has 6 nitrogen and oxygen atoms in total. The molecule has 0 radical (unpaired) electrons. The number of hydrogen-bond acceptors (Lipinski definition) is 4. The van der Waals surface area contributed by atoms with Gasteiger partial charge in [-0.1, -0.05) is 12.1 Å². The molecule has 0 spiro atoms. The molecular formula is C11H10N2O4. The van der Waals surface area contributed by atoms with Crippen LogP contribution in [0.15, 0.2) is 24.3 Å². The number of amides is 1. The minimum atomic E-state index is -1.13. The molecule has 0 heterocycles. The van der Waals surface area contributed by atoms with Crippen molar-refractivity contribution in [3.8, 4) is 11.8 Å². The predicted octanol–water partition coefficient (Wildman–Crippen LogP) is 0.138. The summed E-state index contributed by atoms with van der Waals surface area (Å²) in [5, 5.41) is 19.2. The van der Waals surface area contributed by atoms with Crippen molar-refractivity contribution in [2.24, 2.45) is 0 Å². The van der Waals surface area contributed by atoms with Gasteiger partial charge in [0.15, 0.2) is 6.61 Å². The van der Waals surface area contributed by atoms with Gasteiger partial charge in [0.2, 0.25) is 0 Å². The van der Waals surface area contributed by atoms with Gasteiger partial charge in [-0.05, 0) is 12.1 Å². The van der Waals surface area contributed by atoms with Crippen LogP contribution in [0.3, 0.4) is 0 Å². The summed E-state index contributed by atoms with van der Waals surface area (Å²) < 4.78 is 5.09. The second-order valence-corrected chi connectivity index (χ2v) is 3.07. The molecular weight excluding hydrogens is 224 g/mol. The summed E-state index contributed by atoms with van der Waals surface area (Å²) in [6, 6.07) is 8.39. The van der Waals surface area contributed by atoms with E-state index < -0.39 is 18.4 Å². The van der Waals surface area contributed by atoms with Crippen LogP contribution in [0.25, 0.3) is 0 Å². The van der Waals surface area contributed by atoms with Gasteiger partial charge in [-0.25, -0.2) is 0 Å². The molecule has 1 aromatic rings. The van der Waals surface area contributed by atoms with Crippen LogP contribution in [-0.4, -0.2) is 30.1 Å². The van der Waals surface area contributed by atoms with Crippen molar-refractivity contribution in [2.75, 3.05) is 13.2 Å². The Labute approximate surface area is 97.4 Å². The monoisotopic (exact) mass is 234 g/mol. The van der Waals surface area contributed by atoms with Gasteiger partial charge in [0.1, 0.15) is 18.4 Å². The van der Waals surface area contributed by atoms with Crippen LogP contribution in [0.4, 0.5) is 0 Å². The van der Waals surface area contributed by atoms with Crippen molar-refractivity contribution in [2.45, 2.75) is 0 Å². The molecule has 0 aliphatic rings. The minimum absolute atomic E-state index is 0.292. The maximum atomic E-state index is 11.1. The van der Waals surface area contributed by atoms with Gasteiger partial charge in [0, 0.05) is 0 Å². The molecule has 2 N–H and O–H groups in total. The quantitative estimate of drug-likeness (QED) is 0.754. The first kappa shape index (κ1) is 12.5. The standard InChI is InChI=1S/C11H10N2O4/c12-5-8-3-1-2-4-9(8)17-7-10(14)13-6-11(15)16/h1-4H,6-7H2,(H,13,14)(H,15,16). The Morgan fingerprint density at radius 2 is 2.12 bits per heavy atom. The summed E-state index contributed by atoms with van der Waals surface area (Å²) in [4.78, 5) is 21.3. The van der Waals surface area contributed by atoms with E-state index >= 15 is 0 Å². The molecule has 1 rings (SSSR count). The first-order valence-electron chi connectivity index (χ1n) is 4.74. The Morgan fingerprint density at radius 3 is 2.76 bits per heavy atom. The highest BCUT2D eigenvalue weighted by Gasteiger charge is 2.07.